The number of urea groups is 1. The third-order valence-corrected chi connectivity index (χ3v) is 5.75. The van der Waals surface area contributed by atoms with E-state index in [1.54, 1.807) is 36.7 Å². The Kier molecular flexibility index (Phi) is 4.69. The van der Waals surface area contributed by atoms with E-state index in [2.05, 4.69) is 15.3 Å². The highest BCUT2D eigenvalue weighted by molar-refractivity contribution is 6.05. The van der Waals surface area contributed by atoms with Crippen LogP contribution in [0, 0.1) is 12.7 Å². The number of hydrogen-bond acceptors (Lipinski definition) is 5. The second-order valence-electron chi connectivity index (χ2n) is 7.65. The molecule has 5 rings (SSSR count). The summed E-state index contributed by atoms with van der Waals surface area (Å²) in [6.45, 7) is 2.30. The van der Waals surface area contributed by atoms with E-state index < -0.39 is 6.10 Å². The molecule has 0 bridgehead atoms. The predicted octanol–water partition coefficient (Wildman–Crippen LogP) is 4.55. The quantitative estimate of drug-likeness (QED) is 0.673. The molecular weight excluding hydrogens is 399 g/mol. The molecule has 1 N–H and O–H groups in total. The first kappa shape index (κ1) is 19.3. The van der Waals surface area contributed by atoms with Crippen molar-refractivity contribution < 1.29 is 18.7 Å². The molecule has 0 saturated carbocycles. The van der Waals surface area contributed by atoms with Crippen molar-refractivity contribution in [2.24, 2.45) is 0 Å². The molecule has 0 fully saturated rings. The topological polar surface area (TPSA) is 76.6 Å². The maximum atomic E-state index is 14.2. The first-order valence-corrected chi connectivity index (χ1v) is 10.0. The molecule has 2 aliphatic heterocycles. The predicted molar refractivity (Wildman–Crippen MR) is 113 cm³/mol. The van der Waals surface area contributed by atoms with Crippen molar-refractivity contribution in [2.75, 3.05) is 17.3 Å². The van der Waals surface area contributed by atoms with Crippen molar-refractivity contribution in [1.29, 1.82) is 0 Å². The lowest BCUT2D eigenvalue weighted by Crippen LogP contribution is -2.39. The zero-order chi connectivity index (χ0) is 21.5. The lowest BCUT2D eigenvalue weighted by Gasteiger charge is -2.33. The van der Waals surface area contributed by atoms with Crippen LogP contribution in [0.3, 0.4) is 0 Å². The number of carbonyl (C=O) groups excluding carboxylic acids is 1. The number of ether oxygens (including phenoxy) is 2. The normalized spacial score (nSPS) is 17.3. The fourth-order valence-corrected chi connectivity index (χ4v) is 4.18. The lowest BCUT2D eigenvalue weighted by atomic mass is 9.97. The van der Waals surface area contributed by atoms with Gasteiger partial charge in [-0.15, -0.1) is 0 Å². The van der Waals surface area contributed by atoms with Crippen LogP contribution in [0.1, 0.15) is 34.9 Å². The molecule has 8 heteroatoms. The van der Waals surface area contributed by atoms with Crippen molar-refractivity contribution in [3.05, 3.63) is 71.1 Å². The Morgan fingerprint density at radius 2 is 2.19 bits per heavy atom. The standard InChI is InChI=1S/C23H21FN4O3/c1-13-8-14-5-6-19(22-16(24)4-3-7-26-22)31-20(14)9-18(13)28-12-15-17(27-23(28)29)10-25-11-21(15)30-2/h3-4,7-11,19H,5-6,12H2,1-2H3,(H,27,29). The minimum atomic E-state index is -0.466. The maximum absolute atomic E-state index is 14.2. The zero-order valence-electron chi connectivity index (χ0n) is 17.2. The van der Waals surface area contributed by atoms with E-state index >= 15 is 0 Å². The number of anilines is 2. The molecule has 7 nitrogen and oxygen atoms in total. The Labute approximate surface area is 178 Å². The maximum Gasteiger partial charge on any atom is 0.326 e. The first-order valence-electron chi connectivity index (χ1n) is 10.0. The third kappa shape index (κ3) is 3.34. The number of carbonyl (C=O) groups is 1. The van der Waals surface area contributed by atoms with E-state index in [9.17, 15) is 9.18 Å². The molecular formula is C23H21FN4O3. The highest BCUT2D eigenvalue weighted by Gasteiger charge is 2.30. The van der Waals surface area contributed by atoms with E-state index in [-0.39, 0.29) is 11.8 Å². The van der Waals surface area contributed by atoms with Crippen molar-refractivity contribution in [3.8, 4) is 11.5 Å². The highest BCUT2D eigenvalue weighted by atomic mass is 19.1. The molecule has 158 valence electrons. The summed E-state index contributed by atoms with van der Waals surface area (Å²) in [7, 11) is 1.58. The molecule has 3 aromatic rings. The lowest BCUT2D eigenvalue weighted by molar-refractivity contribution is 0.167. The number of pyridine rings is 2. The van der Waals surface area contributed by atoms with Gasteiger partial charge >= 0.3 is 6.03 Å². The SMILES string of the molecule is COc1cncc2c1CN(c1cc3c(cc1C)CCC(c1ncccc1F)O3)C(=O)N2. The van der Waals surface area contributed by atoms with Crippen molar-refractivity contribution in [1.82, 2.24) is 9.97 Å². The molecule has 4 heterocycles. The zero-order valence-corrected chi connectivity index (χ0v) is 17.2. The van der Waals surface area contributed by atoms with Crippen LogP contribution in [0.15, 0.2) is 42.9 Å². The van der Waals surface area contributed by atoms with Crippen molar-refractivity contribution >= 4 is 17.4 Å². The van der Waals surface area contributed by atoms with Crippen molar-refractivity contribution in [2.45, 2.75) is 32.4 Å². The van der Waals surface area contributed by atoms with Gasteiger partial charge in [0.15, 0.2) is 0 Å². The average molecular weight is 420 g/mol. The van der Waals surface area contributed by atoms with E-state index in [1.807, 2.05) is 19.1 Å². The Balaban J connectivity index is 1.50. The number of rotatable bonds is 3. The van der Waals surface area contributed by atoms with Crippen LogP contribution >= 0.6 is 0 Å². The Morgan fingerprint density at radius 3 is 3.00 bits per heavy atom. The van der Waals surface area contributed by atoms with Gasteiger partial charge in [0, 0.05) is 17.8 Å². The molecule has 0 saturated heterocycles. The summed E-state index contributed by atoms with van der Waals surface area (Å²) in [6.07, 6.45) is 5.72. The number of hydrogen-bond donors (Lipinski definition) is 1. The summed E-state index contributed by atoms with van der Waals surface area (Å²) in [5.41, 5.74) is 4.51. The molecule has 1 atom stereocenters. The molecule has 2 aromatic heterocycles. The van der Waals surface area contributed by atoms with Crippen LogP contribution in [0.25, 0.3) is 0 Å². The Morgan fingerprint density at radius 1 is 1.32 bits per heavy atom. The van der Waals surface area contributed by atoms with E-state index in [0.29, 0.717) is 35.8 Å². The molecule has 0 spiro atoms. The van der Waals surface area contributed by atoms with Gasteiger partial charge < -0.3 is 14.8 Å². The Bertz CT molecular complexity index is 1180. The molecule has 1 unspecified atom stereocenters. The summed E-state index contributed by atoms with van der Waals surface area (Å²) in [6, 6.07) is 6.58. The summed E-state index contributed by atoms with van der Waals surface area (Å²) < 4.78 is 25.8. The molecule has 0 aliphatic carbocycles. The van der Waals surface area contributed by atoms with Crippen LogP contribution in [0.2, 0.25) is 0 Å². The van der Waals surface area contributed by atoms with Gasteiger partial charge in [-0.1, -0.05) is 6.07 Å². The van der Waals surface area contributed by atoms with E-state index in [4.69, 9.17) is 9.47 Å². The average Bonchev–Trinajstić information content (AvgIpc) is 2.78. The second-order valence-corrected chi connectivity index (χ2v) is 7.65. The summed E-state index contributed by atoms with van der Waals surface area (Å²) in [4.78, 5) is 22.8. The molecule has 2 aliphatic rings. The number of fused-ring (bicyclic) bond motifs is 2. The number of aromatic nitrogens is 2. The van der Waals surface area contributed by atoms with Gasteiger partial charge in [0.2, 0.25) is 0 Å². The summed E-state index contributed by atoms with van der Waals surface area (Å²) >= 11 is 0. The van der Waals surface area contributed by atoms with Gasteiger partial charge in [0.1, 0.15) is 29.1 Å². The highest BCUT2D eigenvalue weighted by Crippen LogP contribution is 2.41. The largest absolute Gasteiger partial charge is 0.495 e. The van der Waals surface area contributed by atoms with Gasteiger partial charge in [-0.2, -0.15) is 0 Å². The molecule has 1 aromatic carbocycles. The van der Waals surface area contributed by atoms with E-state index in [1.165, 1.54) is 6.07 Å². The summed E-state index contributed by atoms with van der Waals surface area (Å²) in [5, 5.41) is 2.88. The van der Waals surface area contributed by atoms with Crippen LogP contribution in [0.4, 0.5) is 20.6 Å². The second kappa shape index (κ2) is 7.54. The first-order chi connectivity index (χ1) is 15.0. The number of amides is 2. The third-order valence-electron chi connectivity index (χ3n) is 5.75. The van der Waals surface area contributed by atoms with Gasteiger partial charge in [-0.05, 0) is 43.0 Å². The van der Waals surface area contributed by atoms with Gasteiger partial charge in [0.05, 0.1) is 37.4 Å². The molecule has 0 radical (unpaired) electrons. The van der Waals surface area contributed by atoms with Crippen LogP contribution in [-0.4, -0.2) is 23.1 Å². The Hall–Kier alpha value is -3.68. The monoisotopic (exact) mass is 420 g/mol. The number of nitrogens with one attached hydrogen (secondary N) is 1. The minimum absolute atomic E-state index is 0.256. The molecule has 2 amide bonds. The number of aryl methyl sites for hydroxylation is 2. The van der Waals surface area contributed by atoms with Gasteiger partial charge in [0.25, 0.3) is 0 Å². The fraction of sp³-hybridized carbons (Fsp3) is 0.261. The fourth-order valence-electron chi connectivity index (χ4n) is 4.18. The number of benzene rings is 1. The number of halogens is 1. The number of methoxy groups -OCH3 is 1. The van der Waals surface area contributed by atoms with Gasteiger partial charge in [-0.25, -0.2) is 9.18 Å². The van der Waals surface area contributed by atoms with E-state index in [0.717, 1.165) is 28.8 Å². The van der Waals surface area contributed by atoms with Crippen LogP contribution in [0.5, 0.6) is 11.5 Å². The summed E-state index contributed by atoms with van der Waals surface area (Å²) in [5.74, 6) is 0.873. The van der Waals surface area contributed by atoms with Gasteiger partial charge in [-0.3, -0.25) is 14.9 Å². The smallest absolute Gasteiger partial charge is 0.326 e. The van der Waals surface area contributed by atoms with Crippen molar-refractivity contribution in [3.63, 3.8) is 0 Å². The van der Waals surface area contributed by atoms with Crippen LogP contribution in [-0.2, 0) is 13.0 Å². The molecule has 31 heavy (non-hydrogen) atoms. The van der Waals surface area contributed by atoms with Crippen LogP contribution < -0.4 is 19.7 Å². The number of nitrogens with zero attached hydrogens (tertiary/aromatic N) is 3. The minimum Gasteiger partial charge on any atom is -0.495 e.